The number of hydrogen-bond acceptors (Lipinski definition) is 2. The van der Waals surface area contributed by atoms with Crippen molar-refractivity contribution in [1.29, 1.82) is 0 Å². The predicted molar refractivity (Wildman–Crippen MR) is 101 cm³/mol. The van der Waals surface area contributed by atoms with Crippen LogP contribution in [-0.2, 0) is 0 Å². The van der Waals surface area contributed by atoms with Crippen LogP contribution in [0.4, 0.5) is 10.2 Å². The molecule has 1 fully saturated rings. The Bertz CT molecular complexity index is 891. The molecule has 0 saturated carbocycles. The van der Waals surface area contributed by atoms with Crippen molar-refractivity contribution in [3.8, 4) is 11.3 Å². The minimum Gasteiger partial charge on any atom is -0.357 e. The molecule has 130 valence electrons. The van der Waals surface area contributed by atoms with Crippen molar-refractivity contribution in [2.45, 2.75) is 33.1 Å². The Labute approximate surface area is 147 Å². The topological polar surface area (TPSA) is 31.9 Å². The third-order valence-electron chi connectivity index (χ3n) is 5.42. The highest BCUT2D eigenvalue weighted by Gasteiger charge is 2.20. The van der Waals surface area contributed by atoms with E-state index in [2.05, 4.69) is 46.9 Å². The van der Waals surface area contributed by atoms with Crippen molar-refractivity contribution in [1.82, 2.24) is 9.97 Å². The third kappa shape index (κ3) is 3.13. The van der Waals surface area contributed by atoms with Crippen molar-refractivity contribution in [3.05, 3.63) is 47.9 Å². The van der Waals surface area contributed by atoms with E-state index in [1.807, 2.05) is 18.2 Å². The smallest absolute Gasteiger partial charge is 0.224 e. The van der Waals surface area contributed by atoms with Gasteiger partial charge in [-0.05, 0) is 55.5 Å². The first kappa shape index (κ1) is 16.1. The van der Waals surface area contributed by atoms with Gasteiger partial charge in [0.05, 0.1) is 11.3 Å². The van der Waals surface area contributed by atoms with Gasteiger partial charge in [-0.3, -0.25) is 0 Å². The van der Waals surface area contributed by atoms with Gasteiger partial charge >= 0.3 is 0 Å². The van der Waals surface area contributed by atoms with Gasteiger partial charge in [-0.2, -0.15) is 4.39 Å². The van der Waals surface area contributed by atoms with E-state index >= 15 is 0 Å². The number of benzene rings is 1. The first-order valence-corrected chi connectivity index (χ1v) is 9.15. The van der Waals surface area contributed by atoms with E-state index in [1.165, 1.54) is 24.8 Å². The molecule has 4 rings (SSSR count). The summed E-state index contributed by atoms with van der Waals surface area (Å²) in [5, 5.41) is 1.09. The molecule has 0 atom stereocenters. The first-order valence-electron chi connectivity index (χ1n) is 9.15. The zero-order valence-electron chi connectivity index (χ0n) is 14.8. The number of halogens is 1. The summed E-state index contributed by atoms with van der Waals surface area (Å²) >= 11 is 0. The molecule has 0 bridgehead atoms. The Morgan fingerprint density at radius 2 is 1.96 bits per heavy atom. The van der Waals surface area contributed by atoms with E-state index in [-0.39, 0.29) is 0 Å². The maximum absolute atomic E-state index is 14.7. The molecule has 0 amide bonds. The standard InChI is InChI=1S/C21H24FN3/c1-3-15-8-10-25(11-9-15)20-7-6-17(21(22)24-20)19-13-16-5-4-14(2)12-18(16)23-19/h4-7,12-13,15,23H,3,8-11H2,1-2H3. The van der Waals surface area contributed by atoms with E-state index in [0.29, 0.717) is 5.56 Å². The Kier molecular flexibility index (Phi) is 4.20. The summed E-state index contributed by atoms with van der Waals surface area (Å²) in [6.45, 7) is 6.24. The monoisotopic (exact) mass is 337 g/mol. The number of aromatic amines is 1. The second-order valence-electron chi connectivity index (χ2n) is 7.12. The number of hydrogen-bond donors (Lipinski definition) is 1. The highest BCUT2D eigenvalue weighted by atomic mass is 19.1. The van der Waals surface area contributed by atoms with Crippen LogP contribution < -0.4 is 4.90 Å². The second kappa shape index (κ2) is 6.51. The number of piperidine rings is 1. The molecule has 3 heterocycles. The van der Waals surface area contributed by atoms with Crippen LogP contribution >= 0.6 is 0 Å². The Morgan fingerprint density at radius 3 is 2.68 bits per heavy atom. The fraction of sp³-hybridized carbons (Fsp3) is 0.381. The fourth-order valence-electron chi connectivity index (χ4n) is 3.76. The molecule has 2 aromatic heterocycles. The molecule has 3 nitrogen and oxygen atoms in total. The van der Waals surface area contributed by atoms with Gasteiger partial charge in [0.15, 0.2) is 0 Å². The maximum atomic E-state index is 14.7. The van der Waals surface area contributed by atoms with Gasteiger partial charge in [-0.1, -0.05) is 25.5 Å². The van der Waals surface area contributed by atoms with Gasteiger partial charge in [-0.15, -0.1) is 0 Å². The van der Waals surface area contributed by atoms with Crippen molar-refractivity contribution in [3.63, 3.8) is 0 Å². The number of rotatable bonds is 3. The SMILES string of the molecule is CCC1CCN(c2ccc(-c3cc4ccc(C)cc4[nH]3)c(F)n2)CC1. The molecule has 1 aliphatic heterocycles. The van der Waals surface area contributed by atoms with Gasteiger partial charge in [-0.25, -0.2) is 4.98 Å². The average molecular weight is 337 g/mol. The van der Waals surface area contributed by atoms with Crippen molar-refractivity contribution in [2.75, 3.05) is 18.0 Å². The minimum absolute atomic E-state index is 0.404. The van der Waals surface area contributed by atoms with Crippen LogP contribution in [-0.4, -0.2) is 23.1 Å². The van der Waals surface area contributed by atoms with Crippen LogP contribution in [0.1, 0.15) is 31.7 Å². The average Bonchev–Trinajstić information content (AvgIpc) is 3.04. The molecule has 0 aliphatic carbocycles. The molecule has 1 saturated heterocycles. The quantitative estimate of drug-likeness (QED) is 0.657. The van der Waals surface area contributed by atoms with Crippen LogP contribution in [0.15, 0.2) is 36.4 Å². The summed E-state index contributed by atoms with van der Waals surface area (Å²) in [6.07, 6.45) is 3.57. The Balaban J connectivity index is 1.61. The molecule has 0 unspecified atom stereocenters. The highest BCUT2D eigenvalue weighted by molar-refractivity contribution is 5.86. The van der Waals surface area contributed by atoms with Gasteiger partial charge in [0.25, 0.3) is 0 Å². The number of fused-ring (bicyclic) bond motifs is 1. The molecule has 4 heteroatoms. The molecule has 1 N–H and O–H groups in total. The second-order valence-corrected chi connectivity index (χ2v) is 7.12. The van der Waals surface area contributed by atoms with Crippen molar-refractivity contribution in [2.24, 2.45) is 5.92 Å². The lowest BCUT2D eigenvalue weighted by Gasteiger charge is -2.32. The molecule has 25 heavy (non-hydrogen) atoms. The largest absolute Gasteiger partial charge is 0.357 e. The number of H-pyrrole nitrogens is 1. The number of aromatic nitrogens is 2. The summed E-state index contributed by atoms with van der Waals surface area (Å²) < 4.78 is 14.7. The fourth-order valence-corrected chi connectivity index (χ4v) is 3.76. The van der Waals surface area contributed by atoms with Gasteiger partial charge in [0, 0.05) is 24.0 Å². The van der Waals surface area contributed by atoms with E-state index < -0.39 is 5.95 Å². The normalized spacial score (nSPS) is 15.9. The number of pyridine rings is 1. The Morgan fingerprint density at radius 1 is 1.16 bits per heavy atom. The molecule has 1 aliphatic rings. The minimum atomic E-state index is -0.404. The zero-order chi connectivity index (χ0) is 17.4. The third-order valence-corrected chi connectivity index (χ3v) is 5.42. The summed E-state index contributed by atoms with van der Waals surface area (Å²) in [5.74, 6) is 1.15. The maximum Gasteiger partial charge on any atom is 0.224 e. The summed E-state index contributed by atoms with van der Waals surface area (Å²) in [6, 6.07) is 12.0. The number of nitrogens with one attached hydrogen (secondary N) is 1. The van der Waals surface area contributed by atoms with E-state index in [4.69, 9.17) is 0 Å². The lowest BCUT2D eigenvalue weighted by molar-refractivity contribution is 0.393. The molecule has 3 aromatic rings. The van der Waals surface area contributed by atoms with Crippen molar-refractivity contribution < 1.29 is 4.39 Å². The molecular weight excluding hydrogens is 313 g/mol. The molecular formula is C21H24FN3. The highest BCUT2D eigenvalue weighted by Crippen LogP contribution is 2.29. The van der Waals surface area contributed by atoms with Crippen molar-refractivity contribution >= 4 is 16.7 Å². The lowest BCUT2D eigenvalue weighted by Crippen LogP contribution is -2.34. The zero-order valence-corrected chi connectivity index (χ0v) is 14.8. The van der Waals surface area contributed by atoms with Gasteiger partial charge in [0.2, 0.25) is 5.95 Å². The van der Waals surface area contributed by atoms with Crippen LogP contribution in [0.25, 0.3) is 22.2 Å². The molecule has 0 spiro atoms. The van der Waals surface area contributed by atoms with Crippen LogP contribution in [0.2, 0.25) is 0 Å². The number of aryl methyl sites for hydroxylation is 1. The summed E-state index contributed by atoms with van der Waals surface area (Å²) in [5.41, 5.74) is 3.52. The molecule has 0 radical (unpaired) electrons. The van der Waals surface area contributed by atoms with Gasteiger partial charge < -0.3 is 9.88 Å². The molecule has 1 aromatic carbocycles. The van der Waals surface area contributed by atoms with E-state index in [9.17, 15) is 4.39 Å². The summed E-state index contributed by atoms with van der Waals surface area (Å²) in [4.78, 5) is 9.77. The number of anilines is 1. The first-order chi connectivity index (χ1) is 12.1. The predicted octanol–water partition coefficient (Wildman–Crippen LogP) is 5.30. The Hall–Kier alpha value is -2.36. The van der Waals surface area contributed by atoms with Crippen LogP contribution in [0, 0.1) is 18.8 Å². The van der Waals surface area contributed by atoms with Crippen LogP contribution in [0.3, 0.4) is 0 Å². The lowest BCUT2D eigenvalue weighted by atomic mass is 9.94. The van der Waals surface area contributed by atoms with Gasteiger partial charge in [0.1, 0.15) is 5.82 Å². The van der Waals surface area contributed by atoms with Crippen LogP contribution in [0.5, 0.6) is 0 Å². The summed E-state index contributed by atoms with van der Waals surface area (Å²) in [7, 11) is 0. The number of nitrogens with zero attached hydrogens (tertiary/aromatic N) is 2. The van der Waals surface area contributed by atoms with E-state index in [1.54, 1.807) is 0 Å². The van der Waals surface area contributed by atoms with E-state index in [0.717, 1.165) is 41.4 Å².